The highest BCUT2D eigenvalue weighted by atomic mass is 35.5. The number of furan rings is 1. The highest BCUT2D eigenvalue weighted by Gasteiger charge is 2.05. The normalized spacial score (nSPS) is 10.8. The minimum Gasteiger partial charge on any atom is -0.459 e. The Bertz CT molecular complexity index is 734. The van der Waals surface area contributed by atoms with E-state index in [9.17, 15) is 0 Å². The Kier molecular flexibility index (Phi) is 4.46. The summed E-state index contributed by atoms with van der Waals surface area (Å²) in [4.78, 5) is 0. The van der Waals surface area contributed by atoms with Crippen LogP contribution in [-0.4, -0.2) is 21.5 Å². The van der Waals surface area contributed by atoms with E-state index >= 15 is 0 Å². The Morgan fingerprint density at radius 3 is 2.77 bits per heavy atom. The highest BCUT2D eigenvalue weighted by molar-refractivity contribution is 6.30. The molecule has 0 atom stereocenters. The van der Waals surface area contributed by atoms with E-state index in [1.165, 1.54) is 0 Å². The summed E-state index contributed by atoms with van der Waals surface area (Å²) in [6.07, 6.45) is 3.57. The fraction of sp³-hybridized carbons (Fsp3) is 0.188. The summed E-state index contributed by atoms with van der Waals surface area (Å²) in [5.74, 6) is 1.64. The number of rotatable bonds is 6. The third-order valence-corrected chi connectivity index (χ3v) is 3.47. The highest BCUT2D eigenvalue weighted by Crippen LogP contribution is 2.24. The second-order valence-corrected chi connectivity index (χ2v) is 5.28. The van der Waals surface area contributed by atoms with Gasteiger partial charge in [-0.2, -0.15) is 5.10 Å². The molecule has 3 aromatic rings. The average molecular weight is 318 g/mol. The molecule has 5 nitrogen and oxygen atoms in total. The van der Waals surface area contributed by atoms with E-state index in [-0.39, 0.29) is 6.61 Å². The number of hydrogen-bond donors (Lipinski definition) is 2. The lowest BCUT2D eigenvalue weighted by atomic mass is 10.2. The third-order valence-electron chi connectivity index (χ3n) is 3.22. The summed E-state index contributed by atoms with van der Waals surface area (Å²) >= 11 is 5.88. The van der Waals surface area contributed by atoms with Crippen LogP contribution >= 0.6 is 11.6 Å². The van der Waals surface area contributed by atoms with Gasteiger partial charge in [-0.1, -0.05) is 11.6 Å². The maximum Gasteiger partial charge on any atom is 0.134 e. The molecule has 3 rings (SSSR count). The molecule has 0 unspecified atom stereocenters. The van der Waals surface area contributed by atoms with E-state index in [4.69, 9.17) is 21.1 Å². The van der Waals surface area contributed by atoms with Crippen LogP contribution in [0.2, 0.25) is 5.02 Å². The first kappa shape index (κ1) is 14.7. The second kappa shape index (κ2) is 6.68. The van der Waals surface area contributed by atoms with Crippen molar-refractivity contribution < 1.29 is 9.52 Å². The molecule has 2 heterocycles. The summed E-state index contributed by atoms with van der Waals surface area (Å²) in [6.45, 7) is 1.13. The van der Waals surface area contributed by atoms with Crippen molar-refractivity contribution in [1.82, 2.24) is 9.78 Å². The van der Waals surface area contributed by atoms with Crippen molar-refractivity contribution in [2.45, 2.75) is 13.1 Å². The average Bonchev–Trinajstić information content (AvgIpc) is 3.16. The molecule has 1 aromatic carbocycles. The van der Waals surface area contributed by atoms with Crippen molar-refractivity contribution in [2.75, 3.05) is 11.9 Å². The molecule has 0 saturated heterocycles. The minimum atomic E-state index is 0.0732. The number of halogens is 1. The van der Waals surface area contributed by atoms with Gasteiger partial charge < -0.3 is 14.8 Å². The quantitative estimate of drug-likeness (QED) is 0.731. The Morgan fingerprint density at radius 1 is 1.18 bits per heavy atom. The van der Waals surface area contributed by atoms with Gasteiger partial charge in [-0.3, -0.25) is 4.68 Å². The Balaban J connectivity index is 1.62. The van der Waals surface area contributed by atoms with Gasteiger partial charge in [0.2, 0.25) is 0 Å². The van der Waals surface area contributed by atoms with Crippen LogP contribution in [0.4, 0.5) is 5.69 Å². The monoisotopic (exact) mass is 317 g/mol. The minimum absolute atomic E-state index is 0.0732. The molecule has 0 spiro atoms. The van der Waals surface area contributed by atoms with Crippen LogP contribution in [0.5, 0.6) is 0 Å². The maximum atomic E-state index is 8.86. The van der Waals surface area contributed by atoms with Crippen molar-refractivity contribution in [3.05, 3.63) is 59.6 Å². The molecule has 2 aromatic heterocycles. The maximum absolute atomic E-state index is 8.86. The number of aliphatic hydroxyl groups excluding tert-OH is 1. The van der Waals surface area contributed by atoms with Gasteiger partial charge in [0.15, 0.2) is 0 Å². The third kappa shape index (κ3) is 3.50. The number of benzene rings is 1. The fourth-order valence-electron chi connectivity index (χ4n) is 2.11. The molecule has 0 aliphatic carbocycles. The SMILES string of the molecule is OCCn1cc(NCc2ccc(-c3ccc(Cl)cc3)o2)cn1. The number of aliphatic hydroxyl groups is 1. The van der Waals surface area contributed by atoms with Crippen LogP contribution < -0.4 is 5.32 Å². The standard InChI is InChI=1S/C16H16ClN3O2/c17-13-3-1-12(2-4-13)16-6-5-15(22-16)10-18-14-9-19-20(11-14)7-8-21/h1-6,9,11,18,21H,7-8,10H2. The van der Waals surface area contributed by atoms with E-state index in [2.05, 4.69) is 10.4 Å². The molecule has 0 radical (unpaired) electrons. The topological polar surface area (TPSA) is 63.2 Å². The molecule has 0 fully saturated rings. The molecular formula is C16H16ClN3O2. The van der Waals surface area contributed by atoms with Crippen molar-refractivity contribution >= 4 is 17.3 Å². The summed E-state index contributed by atoms with van der Waals surface area (Å²) in [6, 6.07) is 11.4. The zero-order chi connectivity index (χ0) is 15.4. The Hall–Kier alpha value is -2.24. The van der Waals surface area contributed by atoms with Crippen LogP contribution in [0.25, 0.3) is 11.3 Å². The van der Waals surface area contributed by atoms with Gasteiger partial charge in [0.25, 0.3) is 0 Å². The molecule has 0 amide bonds. The van der Waals surface area contributed by atoms with Crippen LogP contribution in [0.3, 0.4) is 0 Å². The van der Waals surface area contributed by atoms with Gasteiger partial charge in [-0.05, 0) is 36.4 Å². The molecule has 114 valence electrons. The number of aromatic nitrogens is 2. The van der Waals surface area contributed by atoms with E-state index in [0.29, 0.717) is 18.1 Å². The molecule has 2 N–H and O–H groups in total. The largest absolute Gasteiger partial charge is 0.459 e. The predicted molar refractivity (Wildman–Crippen MR) is 85.8 cm³/mol. The molecular weight excluding hydrogens is 302 g/mol. The molecule has 22 heavy (non-hydrogen) atoms. The summed E-state index contributed by atoms with van der Waals surface area (Å²) in [5, 5.41) is 16.9. The first-order valence-corrected chi connectivity index (χ1v) is 7.34. The van der Waals surface area contributed by atoms with Gasteiger partial charge in [-0.15, -0.1) is 0 Å². The van der Waals surface area contributed by atoms with Crippen molar-refractivity contribution in [2.24, 2.45) is 0 Å². The summed E-state index contributed by atoms with van der Waals surface area (Å²) in [7, 11) is 0. The van der Waals surface area contributed by atoms with Crippen LogP contribution in [0.15, 0.2) is 53.2 Å². The fourth-order valence-corrected chi connectivity index (χ4v) is 2.24. The molecule has 0 aliphatic heterocycles. The second-order valence-electron chi connectivity index (χ2n) is 4.84. The van der Waals surface area contributed by atoms with E-state index in [1.807, 2.05) is 42.6 Å². The zero-order valence-electron chi connectivity index (χ0n) is 11.9. The van der Waals surface area contributed by atoms with E-state index < -0.39 is 0 Å². The first-order chi connectivity index (χ1) is 10.7. The number of nitrogens with one attached hydrogen (secondary N) is 1. The molecule has 0 aliphatic rings. The lowest BCUT2D eigenvalue weighted by Gasteiger charge is -2.01. The summed E-state index contributed by atoms with van der Waals surface area (Å²) in [5.41, 5.74) is 1.88. The lowest BCUT2D eigenvalue weighted by molar-refractivity contribution is 0.269. The van der Waals surface area contributed by atoms with Crippen LogP contribution in [0, 0.1) is 0 Å². The van der Waals surface area contributed by atoms with Gasteiger partial charge >= 0.3 is 0 Å². The summed E-state index contributed by atoms with van der Waals surface area (Å²) < 4.78 is 7.50. The first-order valence-electron chi connectivity index (χ1n) is 6.96. The number of hydrogen-bond acceptors (Lipinski definition) is 4. The van der Waals surface area contributed by atoms with Crippen molar-refractivity contribution in [1.29, 1.82) is 0 Å². The molecule has 0 saturated carbocycles. The van der Waals surface area contributed by atoms with E-state index in [0.717, 1.165) is 22.8 Å². The number of anilines is 1. The molecule has 0 bridgehead atoms. The van der Waals surface area contributed by atoms with Crippen LogP contribution in [-0.2, 0) is 13.1 Å². The van der Waals surface area contributed by atoms with Crippen molar-refractivity contribution in [3.8, 4) is 11.3 Å². The Morgan fingerprint density at radius 2 is 2.00 bits per heavy atom. The lowest BCUT2D eigenvalue weighted by Crippen LogP contribution is -2.02. The van der Waals surface area contributed by atoms with Crippen LogP contribution in [0.1, 0.15) is 5.76 Å². The van der Waals surface area contributed by atoms with Gasteiger partial charge in [0, 0.05) is 16.8 Å². The van der Waals surface area contributed by atoms with Crippen molar-refractivity contribution in [3.63, 3.8) is 0 Å². The zero-order valence-corrected chi connectivity index (χ0v) is 12.6. The van der Waals surface area contributed by atoms with Gasteiger partial charge in [0.05, 0.1) is 31.6 Å². The Labute approximate surface area is 133 Å². The van der Waals surface area contributed by atoms with Gasteiger partial charge in [-0.25, -0.2) is 0 Å². The smallest absolute Gasteiger partial charge is 0.134 e. The van der Waals surface area contributed by atoms with E-state index in [1.54, 1.807) is 10.9 Å². The van der Waals surface area contributed by atoms with Gasteiger partial charge in [0.1, 0.15) is 11.5 Å². The molecule has 6 heteroatoms. The predicted octanol–water partition coefficient (Wildman–Crippen LogP) is 3.40. The number of nitrogens with zero attached hydrogens (tertiary/aromatic N) is 2.